The lowest BCUT2D eigenvalue weighted by Crippen LogP contribution is -2.38. The molecule has 2 unspecified atom stereocenters. The van der Waals surface area contributed by atoms with Crippen LogP contribution >= 0.6 is 0 Å². The maximum atomic E-state index is 12.3. The van der Waals surface area contributed by atoms with E-state index in [0.29, 0.717) is 0 Å². The summed E-state index contributed by atoms with van der Waals surface area (Å²) in [6.07, 6.45) is 0. The van der Waals surface area contributed by atoms with E-state index < -0.39 is 22.0 Å². The third-order valence-corrected chi connectivity index (χ3v) is 4.79. The maximum Gasteiger partial charge on any atom is 0.252 e. The number of aliphatic hydroxyl groups excluding tert-OH is 1. The molecule has 0 heterocycles. The fourth-order valence-corrected chi connectivity index (χ4v) is 3.01. The molecule has 1 rings (SSSR count). The van der Waals surface area contributed by atoms with Gasteiger partial charge in [-0.25, -0.2) is 13.1 Å². The number of hydrogen-bond donors (Lipinski definition) is 3. The molecule has 0 bridgehead atoms. The molecule has 1 amide bonds. The normalized spacial score (nSPS) is 14.5. The van der Waals surface area contributed by atoms with E-state index in [1.165, 1.54) is 25.3 Å². The molecule has 8 heteroatoms. The van der Waals surface area contributed by atoms with Crippen LogP contribution in [-0.4, -0.2) is 39.2 Å². The van der Waals surface area contributed by atoms with Crippen molar-refractivity contribution >= 4 is 15.9 Å². The maximum absolute atomic E-state index is 12.3. The van der Waals surface area contributed by atoms with Crippen LogP contribution in [0.5, 0.6) is 5.75 Å². The van der Waals surface area contributed by atoms with E-state index in [0.717, 1.165) is 0 Å². The second-order valence-electron chi connectivity index (χ2n) is 4.80. The Morgan fingerprint density at radius 3 is 2.52 bits per heavy atom. The smallest absolute Gasteiger partial charge is 0.252 e. The molecule has 0 aliphatic carbocycles. The van der Waals surface area contributed by atoms with Crippen LogP contribution in [0.4, 0.5) is 0 Å². The molecule has 0 aromatic heterocycles. The van der Waals surface area contributed by atoms with E-state index in [2.05, 4.69) is 4.72 Å². The van der Waals surface area contributed by atoms with Gasteiger partial charge in [-0.1, -0.05) is 6.92 Å². The molecule has 21 heavy (non-hydrogen) atoms. The zero-order chi connectivity index (χ0) is 16.2. The van der Waals surface area contributed by atoms with Gasteiger partial charge < -0.3 is 15.6 Å². The summed E-state index contributed by atoms with van der Waals surface area (Å²) in [5.74, 6) is -0.812. The number of aliphatic hydroxyl groups is 1. The van der Waals surface area contributed by atoms with Gasteiger partial charge in [0.25, 0.3) is 5.91 Å². The number of ether oxygens (including phenoxy) is 1. The zero-order valence-electron chi connectivity index (χ0n) is 12.2. The molecule has 1 aromatic carbocycles. The largest absolute Gasteiger partial charge is 0.496 e. The highest BCUT2D eigenvalue weighted by atomic mass is 32.2. The molecule has 0 saturated carbocycles. The molecule has 0 aliphatic heterocycles. The van der Waals surface area contributed by atoms with Crippen molar-refractivity contribution in [1.29, 1.82) is 0 Å². The average molecular weight is 316 g/mol. The molecule has 0 radical (unpaired) electrons. The van der Waals surface area contributed by atoms with Gasteiger partial charge in [0.1, 0.15) is 5.75 Å². The highest BCUT2D eigenvalue weighted by molar-refractivity contribution is 7.89. The standard InChI is InChI=1S/C13H20N2O5S/c1-8(7-16)9(2)15-21(18,19)10-4-5-12(20-3)11(6-10)13(14)17/h4-6,8-9,15-16H,7H2,1-3H3,(H2,14,17). The number of nitrogens with one attached hydrogen (secondary N) is 1. The van der Waals surface area contributed by atoms with Gasteiger partial charge in [-0.2, -0.15) is 0 Å². The monoisotopic (exact) mass is 316 g/mol. The minimum absolute atomic E-state index is 0.0109. The van der Waals surface area contributed by atoms with E-state index >= 15 is 0 Å². The number of carbonyl (C=O) groups is 1. The number of primary amides is 1. The highest BCUT2D eigenvalue weighted by Crippen LogP contribution is 2.22. The van der Waals surface area contributed by atoms with Crippen molar-refractivity contribution in [2.75, 3.05) is 13.7 Å². The number of amides is 1. The molecule has 0 aliphatic rings. The first-order valence-corrected chi connectivity index (χ1v) is 7.82. The first-order chi connectivity index (χ1) is 9.72. The van der Waals surface area contributed by atoms with Crippen molar-refractivity contribution in [3.05, 3.63) is 23.8 Å². The fourth-order valence-electron chi connectivity index (χ4n) is 1.63. The summed E-state index contributed by atoms with van der Waals surface area (Å²) in [4.78, 5) is 11.2. The number of hydrogen-bond acceptors (Lipinski definition) is 5. The number of benzene rings is 1. The third-order valence-electron chi connectivity index (χ3n) is 3.23. The zero-order valence-corrected chi connectivity index (χ0v) is 13.0. The molecular formula is C13H20N2O5S. The van der Waals surface area contributed by atoms with Gasteiger partial charge in [-0.05, 0) is 31.0 Å². The van der Waals surface area contributed by atoms with E-state index in [-0.39, 0.29) is 28.7 Å². The average Bonchev–Trinajstić information content (AvgIpc) is 2.44. The molecule has 1 aromatic rings. The van der Waals surface area contributed by atoms with Gasteiger partial charge in [-0.3, -0.25) is 4.79 Å². The first kappa shape index (κ1) is 17.4. The van der Waals surface area contributed by atoms with Crippen LogP contribution in [0.25, 0.3) is 0 Å². The SMILES string of the molecule is COc1ccc(S(=O)(=O)NC(C)C(C)CO)cc1C(N)=O. The van der Waals surface area contributed by atoms with E-state index in [9.17, 15) is 13.2 Å². The predicted molar refractivity (Wildman–Crippen MR) is 77.5 cm³/mol. The number of nitrogens with two attached hydrogens (primary N) is 1. The van der Waals surface area contributed by atoms with Gasteiger partial charge in [0.05, 0.1) is 17.6 Å². The second-order valence-corrected chi connectivity index (χ2v) is 6.51. The van der Waals surface area contributed by atoms with Crippen molar-refractivity contribution in [2.24, 2.45) is 11.7 Å². The fraction of sp³-hybridized carbons (Fsp3) is 0.462. The van der Waals surface area contributed by atoms with Crippen LogP contribution in [0, 0.1) is 5.92 Å². The Morgan fingerprint density at radius 1 is 1.43 bits per heavy atom. The van der Waals surface area contributed by atoms with Crippen LogP contribution in [0.1, 0.15) is 24.2 Å². The number of rotatable bonds is 7. The van der Waals surface area contributed by atoms with Crippen LogP contribution in [-0.2, 0) is 10.0 Å². The third kappa shape index (κ3) is 4.16. The summed E-state index contributed by atoms with van der Waals surface area (Å²) in [5.41, 5.74) is 5.20. The van der Waals surface area contributed by atoms with Crippen molar-refractivity contribution in [3.63, 3.8) is 0 Å². The minimum Gasteiger partial charge on any atom is -0.496 e. The van der Waals surface area contributed by atoms with E-state index in [1.807, 2.05) is 0 Å². The summed E-state index contributed by atoms with van der Waals surface area (Å²) in [7, 11) is -2.46. The lowest BCUT2D eigenvalue weighted by molar-refractivity contribution is 0.0997. The Labute approximate surface area is 124 Å². The second kappa shape index (κ2) is 6.88. The topological polar surface area (TPSA) is 119 Å². The summed E-state index contributed by atoms with van der Waals surface area (Å²) in [5, 5.41) is 9.05. The first-order valence-electron chi connectivity index (χ1n) is 6.34. The molecule has 118 valence electrons. The molecule has 2 atom stereocenters. The number of methoxy groups -OCH3 is 1. The van der Waals surface area contributed by atoms with Crippen LogP contribution in [0.2, 0.25) is 0 Å². The van der Waals surface area contributed by atoms with Gasteiger partial charge in [-0.15, -0.1) is 0 Å². The van der Waals surface area contributed by atoms with Gasteiger partial charge in [0.2, 0.25) is 10.0 Å². The highest BCUT2D eigenvalue weighted by Gasteiger charge is 2.22. The Hall–Kier alpha value is -1.64. The van der Waals surface area contributed by atoms with Crippen molar-refractivity contribution in [2.45, 2.75) is 24.8 Å². The van der Waals surface area contributed by atoms with Crippen molar-refractivity contribution < 1.29 is 23.1 Å². The van der Waals surface area contributed by atoms with Crippen molar-refractivity contribution in [3.8, 4) is 5.75 Å². The summed E-state index contributed by atoms with van der Waals surface area (Å²) in [6.45, 7) is 3.23. The van der Waals surface area contributed by atoms with Gasteiger partial charge in [0, 0.05) is 12.6 Å². The summed E-state index contributed by atoms with van der Waals surface area (Å²) < 4.78 is 31.9. The molecule has 7 nitrogen and oxygen atoms in total. The summed E-state index contributed by atoms with van der Waals surface area (Å²) >= 11 is 0. The van der Waals surface area contributed by atoms with Crippen LogP contribution in [0.3, 0.4) is 0 Å². The Bertz CT molecular complexity index is 615. The number of carbonyl (C=O) groups excluding carboxylic acids is 1. The van der Waals surface area contributed by atoms with Crippen LogP contribution in [0.15, 0.2) is 23.1 Å². The predicted octanol–water partition coefficient (Wildman–Crippen LogP) is 0.0893. The molecule has 0 saturated heterocycles. The lowest BCUT2D eigenvalue weighted by atomic mass is 10.1. The Kier molecular flexibility index (Phi) is 5.70. The summed E-state index contributed by atoms with van der Waals surface area (Å²) in [6, 6.07) is 3.40. The van der Waals surface area contributed by atoms with Crippen LogP contribution < -0.4 is 15.2 Å². The lowest BCUT2D eigenvalue weighted by Gasteiger charge is -2.19. The van der Waals surface area contributed by atoms with E-state index in [1.54, 1.807) is 13.8 Å². The Balaban J connectivity index is 3.15. The molecular weight excluding hydrogens is 296 g/mol. The number of sulfonamides is 1. The Morgan fingerprint density at radius 2 is 2.05 bits per heavy atom. The quantitative estimate of drug-likeness (QED) is 0.658. The van der Waals surface area contributed by atoms with Crippen molar-refractivity contribution in [1.82, 2.24) is 4.72 Å². The van der Waals surface area contributed by atoms with Gasteiger partial charge >= 0.3 is 0 Å². The van der Waals surface area contributed by atoms with Gasteiger partial charge in [0.15, 0.2) is 0 Å². The molecule has 0 spiro atoms. The molecule has 0 fully saturated rings. The van der Waals surface area contributed by atoms with E-state index in [4.69, 9.17) is 15.6 Å². The molecule has 4 N–H and O–H groups in total. The minimum atomic E-state index is -3.82.